The zero-order valence-electron chi connectivity index (χ0n) is 6.26. The smallest absolute Gasteiger partial charge is 0.315 e. The molecule has 0 aromatic heterocycles. The number of ether oxygens (including phenoxy) is 1. The fraction of sp³-hybridized carbons (Fsp3) is 0.222. The van der Waals surface area contributed by atoms with Crippen LogP contribution in [0.5, 0.6) is 5.75 Å². The molecule has 0 saturated carbocycles. The lowest BCUT2D eigenvalue weighted by Gasteiger charge is -1.99. The van der Waals surface area contributed by atoms with Crippen molar-refractivity contribution < 1.29 is 9.53 Å². The third-order valence-corrected chi connectivity index (χ3v) is 1.84. The lowest BCUT2D eigenvalue weighted by Crippen LogP contribution is -2.00. The molecule has 56 valence electrons. The Morgan fingerprint density at radius 3 is 3.00 bits per heavy atom. The first kappa shape index (κ1) is 6.40. The topological polar surface area (TPSA) is 26.3 Å². The molecule has 11 heavy (non-hydrogen) atoms. The minimum absolute atomic E-state index is 0.144. The fourth-order valence-electron chi connectivity index (χ4n) is 1.30. The van der Waals surface area contributed by atoms with Gasteiger partial charge in [-0.15, -0.1) is 0 Å². The summed E-state index contributed by atoms with van der Waals surface area (Å²) in [7, 11) is 0. The van der Waals surface area contributed by atoms with Crippen molar-refractivity contribution in [1.29, 1.82) is 0 Å². The Labute approximate surface area is 64.8 Å². The van der Waals surface area contributed by atoms with Crippen molar-refractivity contribution in [3.05, 3.63) is 29.3 Å². The summed E-state index contributed by atoms with van der Waals surface area (Å²) in [5.74, 6) is 0.617. The number of carbonyl (C=O) groups is 1. The van der Waals surface area contributed by atoms with Gasteiger partial charge in [0.15, 0.2) is 0 Å². The van der Waals surface area contributed by atoms with Gasteiger partial charge in [-0.05, 0) is 12.5 Å². The standard InChI is InChI=1S/C9H8O2/c1-6-3-2-4-7-5-8(10)11-9(6)7/h2-4H,5H2,1H3. The maximum atomic E-state index is 10.8. The van der Waals surface area contributed by atoms with E-state index < -0.39 is 0 Å². The number of hydrogen-bond donors (Lipinski definition) is 0. The predicted molar refractivity (Wildman–Crippen MR) is 40.5 cm³/mol. The molecule has 0 N–H and O–H groups in total. The maximum absolute atomic E-state index is 10.8. The molecule has 0 saturated heterocycles. The van der Waals surface area contributed by atoms with Gasteiger partial charge in [-0.3, -0.25) is 4.79 Å². The Morgan fingerprint density at radius 1 is 1.45 bits per heavy atom. The minimum atomic E-state index is -0.144. The Morgan fingerprint density at radius 2 is 2.27 bits per heavy atom. The van der Waals surface area contributed by atoms with Gasteiger partial charge < -0.3 is 4.74 Å². The summed E-state index contributed by atoms with van der Waals surface area (Å²) in [6, 6.07) is 5.81. The van der Waals surface area contributed by atoms with Crippen LogP contribution < -0.4 is 4.74 Å². The average molecular weight is 148 g/mol. The molecule has 0 radical (unpaired) electrons. The van der Waals surface area contributed by atoms with Crippen LogP contribution in [0.1, 0.15) is 11.1 Å². The number of esters is 1. The molecule has 2 rings (SSSR count). The second kappa shape index (κ2) is 2.09. The van der Waals surface area contributed by atoms with Gasteiger partial charge in [0.2, 0.25) is 0 Å². The predicted octanol–water partition coefficient (Wildman–Crippen LogP) is 1.46. The van der Waals surface area contributed by atoms with E-state index in [1.165, 1.54) is 0 Å². The first-order valence-corrected chi connectivity index (χ1v) is 3.56. The van der Waals surface area contributed by atoms with Crippen molar-refractivity contribution in [3.63, 3.8) is 0 Å². The summed E-state index contributed by atoms with van der Waals surface area (Å²) in [6.07, 6.45) is 0.428. The SMILES string of the molecule is Cc1cccc2c1OC(=O)C2. The monoisotopic (exact) mass is 148 g/mol. The largest absolute Gasteiger partial charge is 0.426 e. The van der Waals surface area contributed by atoms with Crippen LogP contribution in [0, 0.1) is 6.92 Å². The molecule has 1 aliphatic heterocycles. The normalized spacial score (nSPS) is 14.5. The molecule has 0 unspecified atom stereocenters. The average Bonchev–Trinajstić information content (AvgIpc) is 2.31. The number of hydrogen-bond acceptors (Lipinski definition) is 2. The van der Waals surface area contributed by atoms with E-state index in [1.54, 1.807) is 0 Å². The number of para-hydroxylation sites is 1. The molecule has 2 heteroatoms. The number of carbonyl (C=O) groups excluding carboxylic acids is 1. The van der Waals surface area contributed by atoms with Crippen LogP contribution in [0.3, 0.4) is 0 Å². The van der Waals surface area contributed by atoms with Gasteiger partial charge in [0.05, 0.1) is 6.42 Å². The van der Waals surface area contributed by atoms with Gasteiger partial charge in [-0.2, -0.15) is 0 Å². The molecule has 0 bridgehead atoms. The van der Waals surface area contributed by atoms with Crippen LogP contribution in [0.25, 0.3) is 0 Å². The van der Waals surface area contributed by atoms with Gasteiger partial charge in [-0.1, -0.05) is 18.2 Å². The molecular formula is C9H8O2. The highest BCUT2D eigenvalue weighted by molar-refractivity contribution is 5.81. The molecule has 1 aliphatic rings. The van der Waals surface area contributed by atoms with Crippen molar-refractivity contribution in [2.45, 2.75) is 13.3 Å². The highest BCUT2D eigenvalue weighted by Gasteiger charge is 2.20. The summed E-state index contributed by atoms with van der Waals surface area (Å²) in [6.45, 7) is 1.94. The fourth-order valence-corrected chi connectivity index (χ4v) is 1.30. The van der Waals surface area contributed by atoms with Crippen molar-refractivity contribution in [2.24, 2.45) is 0 Å². The van der Waals surface area contributed by atoms with Crippen LogP contribution in [0.4, 0.5) is 0 Å². The number of fused-ring (bicyclic) bond motifs is 1. The van der Waals surface area contributed by atoms with E-state index >= 15 is 0 Å². The van der Waals surface area contributed by atoms with Crippen molar-refractivity contribution in [2.75, 3.05) is 0 Å². The summed E-state index contributed by atoms with van der Waals surface area (Å²) < 4.78 is 5.00. The van der Waals surface area contributed by atoms with E-state index in [0.717, 1.165) is 16.9 Å². The molecule has 2 nitrogen and oxygen atoms in total. The molecule has 1 aromatic rings. The summed E-state index contributed by atoms with van der Waals surface area (Å²) in [5, 5.41) is 0. The van der Waals surface area contributed by atoms with E-state index in [0.29, 0.717) is 6.42 Å². The van der Waals surface area contributed by atoms with Gasteiger partial charge in [0.1, 0.15) is 5.75 Å². The Hall–Kier alpha value is -1.31. The Kier molecular flexibility index (Phi) is 1.22. The lowest BCUT2D eigenvalue weighted by molar-refractivity contribution is -0.131. The molecular weight excluding hydrogens is 140 g/mol. The summed E-state index contributed by atoms with van der Waals surface area (Å²) >= 11 is 0. The summed E-state index contributed by atoms with van der Waals surface area (Å²) in [5.41, 5.74) is 2.04. The second-order valence-corrected chi connectivity index (χ2v) is 2.71. The zero-order valence-corrected chi connectivity index (χ0v) is 6.26. The van der Waals surface area contributed by atoms with E-state index in [1.807, 2.05) is 25.1 Å². The van der Waals surface area contributed by atoms with Crippen molar-refractivity contribution in [3.8, 4) is 5.75 Å². The van der Waals surface area contributed by atoms with Crippen LogP contribution in [-0.4, -0.2) is 5.97 Å². The first-order chi connectivity index (χ1) is 5.27. The van der Waals surface area contributed by atoms with Gasteiger partial charge in [0, 0.05) is 5.56 Å². The van der Waals surface area contributed by atoms with E-state index in [2.05, 4.69) is 0 Å². The third kappa shape index (κ3) is 0.909. The van der Waals surface area contributed by atoms with Gasteiger partial charge in [-0.25, -0.2) is 0 Å². The van der Waals surface area contributed by atoms with Crippen molar-refractivity contribution >= 4 is 5.97 Å². The zero-order chi connectivity index (χ0) is 7.84. The van der Waals surface area contributed by atoms with Crippen LogP contribution in [-0.2, 0) is 11.2 Å². The molecule has 0 atom stereocenters. The number of aryl methyl sites for hydroxylation is 1. The molecule has 0 fully saturated rings. The van der Waals surface area contributed by atoms with Gasteiger partial charge >= 0.3 is 5.97 Å². The van der Waals surface area contributed by atoms with E-state index in [4.69, 9.17) is 4.74 Å². The second-order valence-electron chi connectivity index (χ2n) is 2.71. The summed E-state index contributed by atoms with van der Waals surface area (Å²) in [4.78, 5) is 10.8. The van der Waals surface area contributed by atoms with E-state index in [-0.39, 0.29) is 5.97 Å². The molecule has 1 heterocycles. The van der Waals surface area contributed by atoms with Crippen LogP contribution >= 0.6 is 0 Å². The van der Waals surface area contributed by atoms with Crippen molar-refractivity contribution in [1.82, 2.24) is 0 Å². The molecule has 0 amide bonds. The minimum Gasteiger partial charge on any atom is -0.426 e. The highest BCUT2D eigenvalue weighted by Crippen LogP contribution is 2.28. The van der Waals surface area contributed by atoms with Gasteiger partial charge in [0.25, 0.3) is 0 Å². The van der Waals surface area contributed by atoms with E-state index in [9.17, 15) is 4.79 Å². The quantitative estimate of drug-likeness (QED) is 0.411. The molecule has 0 spiro atoms. The number of benzene rings is 1. The lowest BCUT2D eigenvalue weighted by atomic mass is 10.1. The first-order valence-electron chi connectivity index (χ1n) is 3.56. The maximum Gasteiger partial charge on any atom is 0.315 e. The van der Waals surface area contributed by atoms with Crippen LogP contribution in [0.2, 0.25) is 0 Å². The Bertz CT molecular complexity index is 315. The van der Waals surface area contributed by atoms with Crippen LogP contribution in [0.15, 0.2) is 18.2 Å². The molecule has 1 aromatic carbocycles. The highest BCUT2D eigenvalue weighted by atomic mass is 16.5. The Balaban J connectivity index is 2.57. The third-order valence-electron chi connectivity index (χ3n) is 1.84. The molecule has 0 aliphatic carbocycles. The number of rotatable bonds is 0.